The number of likely N-dealkylation sites (N-methyl/N-ethyl adjacent to an activating group) is 1. The van der Waals surface area contributed by atoms with E-state index in [-0.39, 0.29) is 5.16 Å². The van der Waals surface area contributed by atoms with E-state index in [0.717, 1.165) is 25.2 Å². The lowest BCUT2D eigenvalue weighted by Crippen LogP contribution is -2.44. The zero-order valence-corrected chi connectivity index (χ0v) is 14.9. The van der Waals surface area contributed by atoms with Crippen molar-refractivity contribution < 1.29 is 8.42 Å². The van der Waals surface area contributed by atoms with Crippen LogP contribution in [0.25, 0.3) is 11.0 Å². The fourth-order valence-electron chi connectivity index (χ4n) is 2.96. The molecule has 0 atom stereocenters. The topological polar surface area (TPSA) is 58.4 Å². The normalized spacial score (nSPS) is 17.7. The molecule has 2 aromatic rings. The monoisotopic (exact) mass is 356 g/mol. The van der Waals surface area contributed by atoms with Crippen molar-refractivity contribution in [3.05, 3.63) is 23.2 Å². The second-order valence-electron chi connectivity index (χ2n) is 5.61. The average Bonchev–Trinajstić information content (AvgIpc) is 2.89. The molecule has 0 fully saturated rings. The average molecular weight is 357 g/mol. The molecular weight excluding hydrogens is 336 g/mol. The number of nitrogens with zero attached hydrogens (tertiary/aromatic N) is 4. The first kappa shape index (κ1) is 16.7. The van der Waals surface area contributed by atoms with Gasteiger partial charge in [-0.3, -0.25) is 0 Å². The molecule has 0 spiro atoms. The summed E-state index contributed by atoms with van der Waals surface area (Å²) in [6.07, 6.45) is 0. The van der Waals surface area contributed by atoms with E-state index < -0.39 is 10.0 Å². The molecule has 2 heterocycles. The second kappa shape index (κ2) is 6.39. The van der Waals surface area contributed by atoms with Crippen molar-refractivity contribution in [1.29, 1.82) is 0 Å². The summed E-state index contributed by atoms with van der Waals surface area (Å²) in [7, 11) is -3.55. The highest BCUT2D eigenvalue weighted by Gasteiger charge is 2.34. The number of aromatic nitrogens is 2. The Morgan fingerprint density at radius 2 is 2.00 bits per heavy atom. The molecule has 1 aromatic carbocycles. The van der Waals surface area contributed by atoms with Gasteiger partial charge in [0.1, 0.15) is 0 Å². The molecule has 0 radical (unpaired) electrons. The van der Waals surface area contributed by atoms with Gasteiger partial charge in [-0.15, -0.1) is 0 Å². The summed E-state index contributed by atoms with van der Waals surface area (Å²) in [5.41, 5.74) is 1.44. The maximum absolute atomic E-state index is 12.8. The van der Waals surface area contributed by atoms with Crippen molar-refractivity contribution >= 4 is 32.7 Å². The third kappa shape index (κ3) is 2.98. The molecule has 0 saturated heterocycles. The summed E-state index contributed by atoms with van der Waals surface area (Å²) in [4.78, 5) is 6.54. The van der Waals surface area contributed by atoms with Crippen LogP contribution in [0.5, 0.6) is 0 Å². The molecule has 1 aromatic heterocycles. The van der Waals surface area contributed by atoms with Crippen LogP contribution in [0.3, 0.4) is 0 Å². The number of rotatable bonds is 5. The standard InChI is InChI=1S/C15H21ClN4O2S/c1-3-18(4-2)7-8-19-9-10-20-14-11-12(16)5-6-13(14)17-15(20)23(19,21)22/h5-6,11H,3-4,7-10H2,1-2H3. The predicted octanol–water partition coefficient (Wildman–Crippen LogP) is 2.04. The van der Waals surface area contributed by atoms with E-state index in [1.807, 2.05) is 0 Å². The zero-order chi connectivity index (χ0) is 16.6. The van der Waals surface area contributed by atoms with Crippen molar-refractivity contribution in [3.8, 4) is 0 Å². The second-order valence-corrected chi connectivity index (χ2v) is 7.88. The maximum atomic E-state index is 12.8. The number of benzene rings is 1. The number of fused-ring (bicyclic) bond motifs is 3. The highest BCUT2D eigenvalue weighted by molar-refractivity contribution is 7.89. The van der Waals surface area contributed by atoms with Gasteiger partial charge in [0.05, 0.1) is 11.0 Å². The van der Waals surface area contributed by atoms with Gasteiger partial charge in [0.15, 0.2) is 0 Å². The molecule has 0 bridgehead atoms. The largest absolute Gasteiger partial charge is 0.312 e. The van der Waals surface area contributed by atoms with Crippen molar-refractivity contribution in [2.24, 2.45) is 0 Å². The maximum Gasteiger partial charge on any atom is 0.277 e. The molecule has 6 nitrogen and oxygen atoms in total. The van der Waals surface area contributed by atoms with E-state index in [9.17, 15) is 8.42 Å². The van der Waals surface area contributed by atoms with Gasteiger partial charge >= 0.3 is 0 Å². The molecule has 8 heteroatoms. The summed E-state index contributed by atoms with van der Waals surface area (Å²) in [6.45, 7) is 8.29. The fraction of sp³-hybridized carbons (Fsp3) is 0.533. The molecule has 0 saturated carbocycles. The van der Waals surface area contributed by atoms with Crippen LogP contribution in [-0.4, -0.2) is 59.9 Å². The highest BCUT2D eigenvalue weighted by Crippen LogP contribution is 2.27. The summed E-state index contributed by atoms with van der Waals surface area (Å²) in [5.74, 6) is 0. The first-order valence-corrected chi connectivity index (χ1v) is 9.67. The lowest BCUT2D eigenvalue weighted by Gasteiger charge is -2.29. The molecule has 0 aliphatic carbocycles. The Morgan fingerprint density at radius 3 is 2.70 bits per heavy atom. The third-order valence-corrected chi connectivity index (χ3v) is 6.43. The molecule has 0 N–H and O–H groups in total. The van der Waals surface area contributed by atoms with E-state index in [1.54, 1.807) is 22.8 Å². The van der Waals surface area contributed by atoms with Gasteiger partial charge in [-0.1, -0.05) is 25.4 Å². The van der Waals surface area contributed by atoms with Gasteiger partial charge in [0, 0.05) is 31.2 Å². The molecule has 23 heavy (non-hydrogen) atoms. The highest BCUT2D eigenvalue weighted by atomic mass is 35.5. The number of hydrogen-bond donors (Lipinski definition) is 0. The van der Waals surface area contributed by atoms with Crippen LogP contribution in [0.1, 0.15) is 13.8 Å². The minimum Gasteiger partial charge on any atom is -0.312 e. The zero-order valence-electron chi connectivity index (χ0n) is 13.4. The van der Waals surface area contributed by atoms with Crippen molar-refractivity contribution in [1.82, 2.24) is 18.8 Å². The van der Waals surface area contributed by atoms with Gasteiger partial charge in [-0.05, 0) is 31.3 Å². The Balaban J connectivity index is 1.92. The summed E-state index contributed by atoms with van der Waals surface area (Å²) >= 11 is 6.03. The lowest BCUT2D eigenvalue weighted by molar-refractivity contribution is 0.260. The van der Waals surface area contributed by atoms with E-state index in [1.165, 1.54) is 4.31 Å². The van der Waals surface area contributed by atoms with Gasteiger partial charge < -0.3 is 9.47 Å². The Hall–Kier alpha value is -1.15. The van der Waals surface area contributed by atoms with Gasteiger partial charge in [-0.25, -0.2) is 13.4 Å². The lowest BCUT2D eigenvalue weighted by atomic mass is 10.3. The number of halogens is 1. The first-order chi connectivity index (χ1) is 11.0. The van der Waals surface area contributed by atoms with Gasteiger partial charge in [0.2, 0.25) is 5.16 Å². The summed E-state index contributed by atoms with van der Waals surface area (Å²) in [6, 6.07) is 5.26. The van der Waals surface area contributed by atoms with E-state index in [2.05, 4.69) is 23.7 Å². The van der Waals surface area contributed by atoms with Crippen LogP contribution in [0, 0.1) is 0 Å². The molecule has 1 aliphatic rings. The molecule has 0 amide bonds. The number of hydrogen-bond acceptors (Lipinski definition) is 4. The van der Waals surface area contributed by atoms with Crippen LogP contribution in [0.15, 0.2) is 23.4 Å². The van der Waals surface area contributed by atoms with Crippen LogP contribution in [-0.2, 0) is 16.6 Å². The van der Waals surface area contributed by atoms with E-state index in [0.29, 0.717) is 30.2 Å². The minimum atomic E-state index is -3.55. The van der Waals surface area contributed by atoms with Crippen LogP contribution < -0.4 is 0 Å². The first-order valence-electron chi connectivity index (χ1n) is 7.85. The van der Waals surface area contributed by atoms with Gasteiger partial charge in [-0.2, -0.15) is 4.31 Å². The van der Waals surface area contributed by atoms with Crippen LogP contribution in [0.4, 0.5) is 0 Å². The smallest absolute Gasteiger partial charge is 0.277 e. The van der Waals surface area contributed by atoms with E-state index in [4.69, 9.17) is 11.6 Å². The molecule has 0 unspecified atom stereocenters. The molecule has 3 rings (SSSR count). The fourth-order valence-corrected chi connectivity index (χ4v) is 4.68. The number of imidazole rings is 1. The quantitative estimate of drug-likeness (QED) is 0.822. The molecular formula is C15H21ClN4O2S. The number of sulfonamides is 1. The van der Waals surface area contributed by atoms with Gasteiger partial charge in [0.25, 0.3) is 10.0 Å². The molecule has 126 valence electrons. The summed E-state index contributed by atoms with van der Waals surface area (Å²) in [5, 5.41) is 0.710. The third-order valence-electron chi connectivity index (χ3n) is 4.38. The van der Waals surface area contributed by atoms with E-state index >= 15 is 0 Å². The Labute approximate surface area is 141 Å². The SMILES string of the molecule is CCN(CC)CCN1CCn2c(nc3ccc(Cl)cc32)S1(=O)=O. The summed E-state index contributed by atoms with van der Waals surface area (Å²) < 4.78 is 29.0. The van der Waals surface area contributed by atoms with Crippen molar-refractivity contribution in [2.45, 2.75) is 25.5 Å². The Morgan fingerprint density at radius 1 is 1.26 bits per heavy atom. The van der Waals surface area contributed by atoms with Crippen molar-refractivity contribution in [2.75, 3.05) is 32.7 Å². The van der Waals surface area contributed by atoms with Crippen LogP contribution in [0.2, 0.25) is 5.02 Å². The Bertz CT molecular complexity index is 814. The minimum absolute atomic E-state index is 0.126. The van der Waals surface area contributed by atoms with Crippen LogP contribution >= 0.6 is 11.6 Å². The Kier molecular flexibility index (Phi) is 4.64. The predicted molar refractivity (Wildman–Crippen MR) is 91.3 cm³/mol. The van der Waals surface area contributed by atoms with Crippen molar-refractivity contribution in [3.63, 3.8) is 0 Å². The molecule has 1 aliphatic heterocycles.